The first-order chi connectivity index (χ1) is 15.5. The quantitative estimate of drug-likeness (QED) is 0.650. The molecule has 2 N–H and O–H groups in total. The molecule has 1 aliphatic carbocycles. The molecule has 1 amide bonds. The Bertz CT molecular complexity index is 1140. The van der Waals surface area contributed by atoms with E-state index in [9.17, 15) is 14.3 Å². The number of nitrogens with one attached hydrogen (secondary N) is 1. The van der Waals surface area contributed by atoms with Gasteiger partial charge in [0.05, 0.1) is 24.5 Å². The van der Waals surface area contributed by atoms with Crippen molar-refractivity contribution in [3.05, 3.63) is 53.4 Å². The van der Waals surface area contributed by atoms with Crippen LogP contribution in [0, 0.1) is 12.7 Å². The summed E-state index contributed by atoms with van der Waals surface area (Å²) in [5.74, 6) is 0.194. The highest BCUT2D eigenvalue weighted by atomic mass is 19.1. The highest BCUT2D eigenvalue weighted by molar-refractivity contribution is 5.99. The van der Waals surface area contributed by atoms with Crippen LogP contribution in [0.3, 0.4) is 0 Å². The number of hydrogen-bond acceptors (Lipinski definition) is 6. The van der Waals surface area contributed by atoms with Crippen LogP contribution in [-0.4, -0.2) is 49.3 Å². The number of carbonyl (C=O) groups excluding carboxylic acids is 1. The summed E-state index contributed by atoms with van der Waals surface area (Å²) in [6.45, 7) is 2.69. The van der Waals surface area contributed by atoms with E-state index >= 15 is 0 Å². The molecule has 2 aliphatic rings. The number of fused-ring (bicyclic) bond motifs is 1. The molecule has 1 saturated carbocycles. The number of pyridine rings is 1. The number of halogens is 1. The molecule has 168 valence electrons. The van der Waals surface area contributed by atoms with Crippen molar-refractivity contribution in [3.8, 4) is 0 Å². The zero-order chi connectivity index (χ0) is 22.2. The SMILES string of the molecule is Cc1ncc(F)cc1C1CCCN1c1ccn2ncc(C(=O)N[C@H]3CC[C@H](O)CC3)c2n1. The zero-order valence-corrected chi connectivity index (χ0v) is 18.0. The summed E-state index contributed by atoms with van der Waals surface area (Å²) in [7, 11) is 0. The molecule has 1 aliphatic heterocycles. The van der Waals surface area contributed by atoms with Crippen LogP contribution in [0.25, 0.3) is 5.65 Å². The molecule has 0 radical (unpaired) electrons. The van der Waals surface area contributed by atoms with Gasteiger partial charge in [-0.15, -0.1) is 0 Å². The molecule has 32 heavy (non-hydrogen) atoms. The van der Waals surface area contributed by atoms with E-state index in [1.54, 1.807) is 23.0 Å². The van der Waals surface area contributed by atoms with E-state index in [2.05, 4.69) is 20.3 Å². The summed E-state index contributed by atoms with van der Waals surface area (Å²) in [5, 5.41) is 17.0. The third-order valence-corrected chi connectivity index (χ3v) is 6.63. The van der Waals surface area contributed by atoms with Gasteiger partial charge in [-0.25, -0.2) is 13.9 Å². The Morgan fingerprint density at radius 3 is 2.84 bits per heavy atom. The third-order valence-electron chi connectivity index (χ3n) is 6.63. The Kier molecular flexibility index (Phi) is 5.50. The van der Waals surface area contributed by atoms with Crippen molar-refractivity contribution in [3.63, 3.8) is 0 Å². The van der Waals surface area contributed by atoms with Crippen molar-refractivity contribution in [2.24, 2.45) is 0 Å². The lowest BCUT2D eigenvalue weighted by Crippen LogP contribution is -2.38. The van der Waals surface area contributed by atoms with Gasteiger partial charge in [0.15, 0.2) is 5.65 Å². The molecule has 0 aromatic carbocycles. The van der Waals surface area contributed by atoms with Crippen LogP contribution >= 0.6 is 0 Å². The van der Waals surface area contributed by atoms with E-state index in [0.29, 0.717) is 24.1 Å². The van der Waals surface area contributed by atoms with Crippen LogP contribution in [0.15, 0.2) is 30.7 Å². The van der Waals surface area contributed by atoms with Gasteiger partial charge in [-0.05, 0) is 63.1 Å². The molecule has 0 spiro atoms. The molecule has 1 atom stereocenters. The smallest absolute Gasteiger partial charge is 0.256 e. The first kappa shape index (κ1) is 20.8. The number of aromatic nitrogens is 4. The minimum absolute atomic E-state index is 0.0120. The molecule has 3 aromatic rings. The molecule has 8 nitrogen and oxygen atoms in total. The molecule has 9 heteroatoms. The molecule has 3 aromatic heterocycles. The summed E-state index contributed by atoms with van der Waals surface area (Å²) in [4.78, 5) is 24.1. The summed E-state index contributed by atoms with van der Waals surface area (Å²) in [6.07, 6.45) is 9.11. The second-order valence-electron chi connectivity index (χ2n) is 8.77. The number of aliphatic hydroxyl groups excluding tert-OH is 1. The number of hydrogen-bond donors (Lipinski definition) is 2. The van der Waals surface area contributed by atoms with Crippen molar-refractivity contribution in [1.29, 1.82) is 0 Å². The maximum absolute atomic E-state index is 13.9. The second-order valence-corrected chi connectivity index (χ2v) is 8.77. The summed E-state index contributed by atoms with van der Waals surface area (Å²) < 4.78 is 15.5. The fraction of sp³-hybridized carbons (Fsp3) is 0.478. The Hall–Kier alpha value is -3.07. The van der Waals surface area contributed by atoms with Crippen LogP contribution in [0.5, 0.6) is 0 Å². The van der Waals surface area contributed by atoms with Crippen LogP contribution in [0.1, 0.15) is 66.2 Å². The molecule has 1 unspecified atom stereocenters. The monoisotopic (exact) mass is 438 g/mol. The molecule has 2 fully saturated rings. The van der Waals surface area contributed by atoms with E-state index in [0.717, 1.165) is 49.3 Å². The van der Waals surface area contributed by atoms with E-state index in [-0.39, 0.29) is 29.9 Å². The summed E-state index contributed by atoms with van der Waals surface area (Å²) in [5.41, 5.74) is 2.61. The topological polar surface area (TPSA) is 95.7 Å². The summed E-state index contributed by atoms with van der Waals surface area (Å²) >= 11 is 0. The number of amides is 1. The normalized spacial score (nSPS) is 23.6. The molecule has 5 rings (SSSR count). The van der Waals surface area contributed by atoms with Gasteiger partial charge in [0, 0.05) is 24.5 Å². The predicted molar refractivity (Wildman–Crippen MR) is 117 cm³/mol. The zero-order valence-electron chi connectivity index (χ0n) is 18.0. The minimum Gasteiger partial charge on any atom is -0.393 e. The van der Waals surface area contributed by atoms with E-state index < -0.39 is 0 Å². The third kappa shape index (κ3) is 3.92. The van der Waals surface area contributed by atoms with Crippen molar-refractivity contribution >= 4 is 17.4 Å². The van der Waals surface area contributed by atoms with Gasteiger partial charge in [-0.1, -0.05) is 0 Å². The van der Waals surface area contributed by atoms with Gasteiger partial charge in [0.25, 0.3) is 5.91 Å². The van der Waals surface area contributed by atoms with E-state index in [4.69, 9.17) is 4.98 Å². The maximum Gasteiger partial charge on any atom is 0.256 e. The molecule has 4 heterocycles. The average Bonchev–Trinajstić information content (AvgIpc) is 3.43. The van der Waals surface area contributed by atoms with Crippen LogP contribution in [-0.2, 0) is 0 Å². The van der Waals surface area contributed by atoms with Crippen LogP contribution < -0.4 is 10.2 Å². The van der Waals surface area contributed by atoms with Crippen LogP contribution in [0.4, 0.5) is 10.2 Å². The predicted octanol–water partition coefficient (Wildman–Crippen LogP) is 2.95. The lowest BCUT2D eigenvalue weighted by atomic mass is 9.93. The highest BCUT2D eigenvalue weighted by Crippen LogP contribution is 2.36. The van der Waals surface area contributed by atoms with Gasteiger partial charge in [-0.2, -0.15) is 5.10 Å². The number of nitrogens with zero attached hydrogens (tertiary/aromatic N) is 5. The second kappa shape index (κ2) is 8.46. The highest BCUT2D eigenvalue weighted by Gasteiger charge is 2.30. The van der Waals surface area contributed by atoms with Gasteiger partial charge in [-0.3, -0.25) is 9.78 Å². The molecular weight excluding hydrogens is 411 g/mol. The average molecular weight is 439 g/mol. The van der Waals surface area contributed by atoms with Crippen LogP contribution in [0.2, 0.25) is 0 Å². The van der Waals surface area contributed by atoms with Gasteiger partial charge in [0.2, 0.25) is 0 Å². The van der Waals surface area contributed by atoms with Crippen molar-refractivity contribution in [1.82, 2.24) is 24.9 Å². The lowest BCUT2D eigenvalue weighted by Gasteiger charge is -2.27. The molecule has 0 bridgehead atoms. The van der Waals surface area contributed by atoms with E-state index in [1.807, 2.05) is 13.0 Å². The minimum atomic E-state index is -0.342. The lowest BCUT2D eigenvalue weighted by molar-refractivity contribution is 0.0869. The van der Waals surface area contributed by atoms with Crippen molar-refractivity contribution in [2.75, 3.05) is 11.4 Å². The largest absolute Gasteiger partial charge is 0.393 e. The fourth-order valence-electron chi connectivity index (χ4n) is 4.89. The standard InChI is InChI=1S/C23H27FN6O2/c1-14-18(11-15(24)12-25-14)20-3-2-9-29(20)21-8-10-30-22(28-21)19(13-26-30)23(32)27-16-4-6-17(31)7-5-16/h8,10-13,16-17,20,31H,2-7,9H2,1H3,(H,27,32)/t16-,17-,20?. The Labute approximate surface area is 185 Å². The first-order valence-corrected chi connectivity index (χ1v) is 11.2. The Balaban J connectivity index is 1.42. The first-order valence-electron chi connectivity index (χ1n) is 11.2. The number of aliphatic hydroxyl groups is 1. The van der Waals surface area contributed by atoms with E-state index in [1.165, 1.54) is 6.20 Å². The van der Waals surface area contributed by atoms with Gasteiger partial charge >= 0.3 is 0 Å². The number of rotatable bonds is 4. The summed E-state index contributed by atoms with van der Waals surface area (Å²) in [6, 6.07) is 3.48. The van der Waals surface area contributed by atoms with Gasteiger partial charge < -0.3 is 15.3 Å². The number of anilines is 1. The fourth-order valence-corrected chi connectivity index (χ4v) is 4.89. The Morgan fingerprint density at radius 1 is 1.22 bits per heavy atom. The van der Waals surface area contributed by atoms with Crippen molar-refractivity contribution in [2.45, 2.75) is 63.6 Å². The van der Waals surface area contributed by atoms with Crippen molar-refractivity contribution < 1.29 is 14.3 Å². The number of carbonyl (C=O) groups is 1. The molecule has 1 saturated heterocycles. The Morgan fingerprint density at radius 2 is 2.03 bits per heavy atom. The number of aryl methyl sites for hydroxylation is 1. The molecular formula is C23H27FN6O2. The van der Waals surface area contributed by atoms with Gasteiger partial charge in [0.1, 0.15) is 17.2 Å². The maximum atomic E-state index is 13.9.